The van der Waals surface area contributed by atoms with Gasteiger partial charge in [-0.2, -0.15) is 0 Å². The van der Waals surface area contributed by atoms with Gasteiger partial charge in [0.05, 0.1) is 14.2 Å². The molecular formula is C21H26N2O4. The van der Waals surface area contributed by atoms with E-state index in [1.165, 1.54) is 0 Å². The van der Waals surface area contributed by atoms with E-state index in [-0.39, 0.29) is 11.8 Å². The van der Waals surface area contributed by atoms with Crippen LogP contribution >= 0.6 is 0 Å². The lowest BCUT2D eigenvalue weighted by atomic mass is 10.0. The molecule has 0 spiro atoms. The van der Waals surface area contributed by atoms with E-state index in [0.717, 1.165) is 34.9 Å². The summed E-state index contributed by atoms with van der Waals surface area (Å²) in [4.78, 5) is 14.6. The first kappa shape index (κ1) is 19.0. The highest BCUT2D eigenvalue weighted by atomic mass is 16.5. The van der Waals surface area contributed by atoms with Crippen LogP contribution in [-0.2, 0) is 20.8 Å². The zero-order valence-electron chi connectivity index (χ0n) is 16.2. The van der Waals surface area contributed by atoms with Crippen molar-refractivity contribution in [1.29, 1.82) is 0 Å². The van der Waals surface area contributed by atoms with Crippen LogP contribution in [0.2, 0.25) is 0 Å². The summed E-state index contributed by atoms with van der Waals surface area (Å²) in [7, 11) is 7.27. The van der Waals surface area contributed by atoms with Crippen LogP contribution in [-0.4, -0.2) is 52.3 Å². The molecule has 0 radical (unpaired) electrons. The lowest BCUT2D eigenvalue weighted by Crippen LogP contribution is -2.24. The molecule has 0 saturated carbocycles. The average molecular weight is 370 g/mol. The van der Waals surface area contributed by atoms with Gasteiger partial charge in [0.25, 0.3) is 5.91 Å². The van der Waals surface area contributed by atoms with Crippen molar-refractivity contribution in [3.05, 3.63) is 64.6 Å². The Morgan fingerprint density at radius 2 is 1.85 bits per heavy atom. The number of amides is 1. The Hall–Kier alpha value is -2.73. The van der Waals surface area contributed by atoms with Crippen LogP contribution in [0.25, 0.3) is 0 Å². The minimum atomic E-state index is -0.135. The van der Waals surface area contributed by atoms with Crippen molar-refractivity contribution in [2.45, 2.75) is 6.54 Å². The molecule has 2 aliphatic rings. The third kappa shape index (κ3) is 4.52. The minimum Gasteiger partial charge on any atom is -0.500 e. The van der Waals surface area contributed by atoms with Crippen LogP contribution < -0.4 is 10.1 Å². The molecular weight excluding hydrogens is 344 g/mol. The molecule has 1 N–H and O–H groups in total. The molecule has 6 heteroatoms. The molecule has 0 bridgehead atoms. The molecule has 0 heterocycles. The van der Waals surface area contributed by atoms with Gasteiger partial charge in [-0.25, -0.2) is 0 Å². The lowest BCUT2D eigenvalue weighted by Gasteiger charge is -2.13. The highest BCUT2D eigenvalue weighted by Crippen LogP contribution is 2.49. The van der Waals surface area contributed by atoms with E-state index in [9.17, 15) is 4.79 Å². The van der Waals surface area contributed by atoms with Crippen LogP contribution in [0.4, 0.5) is 0 Å². The SMILES string of the molecule is COC1=CC(C(=O)NCc2ccc(OCCN(C)C)cc2)=CC2=C(OC)[C@H]12. The number of nitrogens with one attached hydrogen (secondary N) is 1. The summed E-state index contributed by atoms with van der Waals surface area (Å²) < 4.78 is 16.4. The largest absolute Gasteiger partial charge is 0.500 e. The minimum absolute atomic E-state index is 0.0802. The van der Waals surface area contributed by atoms with Crippen molar-refractivity contribution in [3.63, 3.8) is 0 Å². The van der Waals surface area contributed by atoms with Gasteiger partial charge in [0, 0.05) is 24.2 Å². The molecule has 0 aliphatic heterocycles. The van der Waals surface area contributed by atoms with Crippen LogP contribution in [0.5, 0.6) is 5.75 Å². The van der Waals surface area contributed by atoms with Crippen LogP contribution in [0, 0.1) is 5.92 Å². The normalized spacial score (nSPS) is 17.7. The summed E-state index contributed by atoms with van der Waals surface area (Å²) in [6.07, 6.45) is 3.64. The molecule has 2 aliphatic carbocycles. The smallest absolute Gasteiger partial charge is 0.251 e. The number of likely N-dealkylation sites (N-methyl/N-ethyl adjacent to an activating group) is 1. The molecule has 6 nitrogen and oxygen atoms in total. The van der Waals surface area contributed by atoms with Gasteiger partial charge in [-0.05, 0) is 43.9 Å². The van der Waals surface area contributed by atoms with Crippen LogP contribution in [0.15, 0.2) is 59.1 Å². The van der Waals surface area contributed by atoms with Gasteiger partial charge >= 0.3 is 0 Å². The second kappa shape index (κ2) is 8.31. The number of carbonyl (C=O) groups is 1. The average Bonchev–Trinajstić information content (AvgIpc) is 3.39. The number of ether oxygens (including phenoxy) is 3. The number of hydrogen-bond acceptors (Lipinski definition) is 5. The molecule has 1 aromatic rings. The van der Waals surface area contributed by atoms with E-state index in [1.807, 2.05) is 44.4 Å². The number of hydrogen-bond donors (Lipinski definition) is 1. The van der Waals surface area contributed by atoms with Crippen molar-refractivity contribution in [2.24, 2.45) is 5.92 Å². The Morgan fingerprint density at radius 3 is 2.48 bits per heavy atom. The first-order chi connectivity index (χ1) is 13.0. The standard InChI is InChI=1S/C21H26N2O4/c1-23(2)9-10-27-16-7-5-14(6-8-16)13-22-21(24)15-11-17-19(20(17)26-4)18(12-15)25-3/h5-8,11-12,19H,9-10,13H2,1-4H3,(H,22,24)/t19-/m0/s1. The van der Waals surface area contributed by atoms with E-state index in [1.54, 1.807) is 20.3 Å². The molecule has 0 fully saturated rings. The zero-order chi connectivity index (χ0) is 19.4. The molecule has 3 rings (SSSR count). The van der Waals surface area contributed by atoms with Crippen molar-refractivity contribution in [3.8, 4) is 5.75 Å². The summed E-state index contributed by atoms with van der Waals surface area (Å²) >= 11 is 0. The summed E-state index contributed by atoms with van der Waals surface area (Å²) in [5.41, 5.74) is 2.60. The Bertz CT molecular complexity index is 791. The second-order valence-electron chi connectivity index (χ2n) is 6.79. The molecule has 1 atom stereocenters. The van der Waals surface area contributed by atoms with Crippen molar-refractivity contribution in [2.75, 3.05) is 41.5 Å². The van der Waals surface area contributed by atoms with Crippen molar-refractivity contribution < 1.29 is 19.0 Å². The molecule has 1 aromatic carbocycles. The predicted molar refractivity (Wildman–Crippen MR) is 103 cm³/mol. The fraction of sp³-hybridized carbons (Fsp3) is 0.381. The van der Waals surface area contributed by atoms with E-state index >= 15 is 0 Å². The topological polar surface area (TPSA) is 60.0 Å². The number of fused-ring (bicyclic) bond motifs is 1. The highest BCUT2D eigenvalue weighted by molar-refractivity contribution is 5.98. The molecule has 0 unspecified atom stereocenters. The fourth-order valence-electron chi connectivity index (χ4n) is 2.98. The third-order valence-electron chi connectivity index (χ3n) is 4.57. The van der Waals surface area contributed by atoms with Gasteiger partial charge in [-0.15, -0.1) is 0 Å². The maximum atomic E-state index is 12.5. The summed E-state index contributed by atoms with van der Waals surface area (Å²) in [6, 6.07) is 7.76. The van der Waals surface area contributed by atoms with Crippen LogP contribution in [0.1, 0.15) is 5.56 Å². The summed E-state index contributed by atoms with van der Waals surface area (Å²) in [5, 5.41) is 2.94. The van der Waals surface area contributed by atoms with E-state index in [4.69, 9.17) is 14.2 Å². The van der Waals surface area contributed by atoms with E-state index in [2.05, 4.69) is 10.2 Å². The molecule has 0 saturated heterocycles. The number of allylic oxidation sites excluding steroid dienone is 1. The van der Waals surface area contributed by atoms with Crippen LogP contribution in [0.3, 0.4) is 0 Å². The van der Waals surface area contributed by atoms with Gasteiger partial charge in [0.15, 0.2) is 0 Å². The zero-order valence-corrected chi connectivity index (χ0v) is 16.2. The first-order valence-electron chi connectivity index (χ1n) is 8.93. The number of methoxy groups -OCH3 is 2. The van der Waals surface area contributed by atoms with E-state index in [0.29, 0.717) is 18.7 Å². The molecule has 1 amide bonds. The van der Waals surface area contributed by atoms with Gasteiger partial charge in [0.1, 0.15) is 29.8 Å². The number of benzene rings is 1. The Balaban J connectivity index is 1.53. The Labute approximate surface area is 160 Å². The monoisotopic (exact) mass is 370 g/mol. The first-order valence-corrected chi connectivity index (χ1v) is 8.93. The quantitative estimate of drug-likeness (QED) is 0.722. The molecule has 144 valence electrons. The molecule has 27 heavy (non-hydrogen) atoms. The Kier molecular flexibility index (Phi) is 5.86. The van der Waals surface area contributed by atoms with Crippen molar-refractivity contribution in [1.82, 2.24) is 10.2 Å². The summed E-state index contributed by atoms with van der Waals surface area (Å²) in [6.45, 7) is 1.96. The Morgan fingerprint density at radius 1 is 1.11 bits per heavy atom. The molecule has 0 aromatic heterocycles. The second-order valence-corrected chi connectivity index (χ2v) is 6.79. The maximum absolute atomic E-state index is 12.5. The number of nitrogens with zero attached hydrogens (tertiary/aromatic N) is 1. The van der Waals surface area contributed by atoms with Gasteiger partial charge in [-0.3, -0.25) is 4.79 Å². The van der Waals surface area contributed by atoms with Gasteiger partial charge in [0.2, 0.25) is 0 Å². The number of rotatable bonds is 9. The maximum Gasteiger partial charge on any atom is 0.251 e. The lowest BCUT2D eigenvalue weighted by molar-refractivity contribution is -0.117. The van der Waals surface area contributed by atoms with Crippen molar-refractivity contribution >= 4 is 5.91 Å². The highest BCUT2D eigenvalue weighted by Gasteiger charge is 2.44. The summed E-state index contributed by atoms with van der Waals surface area (Å²) in [5.74, 6) is 2.39. The third-order valence-corrected chi connectivity index (χ3v) is 4.57. The fourth-order valence-corrected chi connectivity index (χ4v) is 2.98. The van der Waals surface area contributed by atoms with Gasteiger partial charge in [-0.1, -0.05) is 12.1 Å². The van der Waals surface area contributed by atoms with E-state index < -0.39 is 0 Å². The predicted octanol–water partition coefficient (Wildman–Crippen LogP) is 2.24. The van der Waals surface area contributed by atoms with Gasteiger partial charge < -0.3 is 24.4 Å². The number of carbonyl (C=O) groups excluding carboxylic acids is 1.